The van der Waals surface area contributed by atoms with Gasteiger partial charge in [0.25, 0.3) is 0 Å². The summed E-state index contributed by atoms with van der Waals surface area (Å²) in [5.41, 5.74) is 0. The Morgan fingerprint density at radius 1 is 0.679 bits per heavy atom. The van der Waals surface area contributed by atoms with Crippen molar-refractivity contribution in [2.24, 2.45) is 0 Å². The summed E-state index contributed by atoms with van der Waals surface area (Å²) in [5, 5.41) is 0. The number of piperazine rings is 2. The molecule has 5 heteroatoms. The first-order valence-electron chi connectivity index (χ1n) is 12.0. The lowest BCUT2D eigenvalue weighted by molar-refractivity contribution is -0.130. The van der Waals surface area contributed by atoms with E-state index in [0.29, 0.717) is 0 Å². The molecule has 0 aromatic carbocycles. The highest BCUT2D eigenvalue weighted by Crippen LogP contribution is 2.03. The number of amides is 1. The molecule has 0 spiro atoms. The first-order chi connectivity index (χ1) is 13.6. The minimum absolute atomic E-state index is 0.218. The van der Waals surface area contributed by atoms with Crippen molar-refractivity contribution in [1.29, 1.82) is 0 Å². The van der Waals surface area contributed by atoms with Gasteiger partial charge in [-0.2, -0.15) is 0 Å². The number of hydrogen-bond donors (Lipinski definition) is 0. The average molecular weight is 401 g/mol. The van der Waals surface area contributed by atoms with Crippen LogP contribution in [0.3, 0.4) is 0 Å². The second-order valence-corrected chi connectivity index (χ2v) is 7.20. The van der Waals surface area contributed by atoms with Gasteiger partial charge in [-0.1, -0.05) is 54.4 Å². The molecule has 5 nitrogen and oxygen atoms in total. The van der Waals surface area contributed by atoms with Gasteiger partial charge in [0.05, 0.1) is 0 Å². The highest BCUT2D eigenvalue weighted by atomic mass is 16.2. The summed E-state index contributed by atoms with van der Waals surface area (Å²) < 4.78 is 0. The molecule has 1 amide bonds. The third-order valence-corrected chi connectivity index (χ3v) is 5.07. The number of unbranched alkanes of at least 4 members (excludes halogenated alkanes) is 2. The molecular formula is C23H52N4O. The highest BCUT2D eigenvalue weighted by Gasteiger charge is 2.17. The third-order valence-electron chi connectivity index (χ3n) is 5.07. The van der Waals surface area contributed by atoms with E-state index < -0.39 is 0 Å². The van der Waals surface area contributed by atoms with E-state index >= 15 is 0 Å². The van der Waals surface area contributed by atoms with Crippen molar-refractivity contribution >= 4 is 5.91 Å². The zero-order valence-electron chi connectivity index (χ0n) is 20.6. The van der Waals surface area contributed by atoms with Crippen LogP contribution in [-0.2, 0) is 4.79 Å². The molecule has 2 aliphatic rings. The van der Waals surface area contributed by atoms with Crippen LogP contribution in [-0.4, -0.2) is 98.0 Å². The molecule has 0 aromatic rings. The molecule has 2 rings (SSSR count). The lowest BCUT2D eigenvalue weighted by Crippen LogP contribution is -2.48. The maximum Gasteiger partial charge on any atom is 0.219 e. The molecule has 0 unspecified atom stereocenters. The van der Waals surface area contributed by atoms with Crippen LogP contribution in [0.15, 0.2) is 0 Å². The second-order valence-electron chi connectivity index (χ2n) is 7.20. The summed E-state index contributed by atoms with van der Waals surface area (Å²) in [7, 11) is 2.21. The predicted molar refractivity (Wildman–Crippen MR) is 125 cm³/mol. The largest absolute Gasteiger partial charge is 0.340 e. The van der Waals surface area contributed by atoms with Crippen molar-refractivity contribution in [2.45, 2.75) is 74.1 Å². The van der Waals surface area contributed by atoms with Crippen LogP contribution in [0.1, 0.15) is 74.1 Å². The summed E-state index contributed by atoms with van der Waals surface area (Å²) in [6, 6.07) is 0. The van der Waals surface area contributed by atoms with Crippen molar-refractivity contribution in [3.63, 3.8) is 0 Å². The molecule has 0 aromatic heterocycles. The number of rotatable bonds is 6. The van der Waals surface area contributed by atoms with Gasteiger partial charge in [0.1, 0.15) is 0 Å². The molecule has 2 heterocycles. The SMILES string of the molecule is CC.CC.CCCCN1CCN(C(C)=O)CC1.CCCCN1CCN(C)CC1. The number of nitrogens with zero attached hydrogens (tertiary/aromatic N) is 4. The summed E-state index contributed by atoms with van der Waals surface area (Å²) in [6.45, 7) is 25.6. The normalized spacial score (nSPS) is 18.1. The van der Waals surface area contributed by atoms with E-state index in [9.17, 15) is 4.79 Å². The Labute approximate surface area is 177 Å². The standard InChI is InChI=1S/C10H20N2O.C9H20N2.2C2H6/c1-3-4-5-11-6-8-12(9-7-11)10(2)13;1-3-4-5-11-8-6-10(2)7-9-11;2*1-2/h3-9H2,1-2H3;3-9H2,1-2H3;2*1-2H3. The van der Waals surface area contributed by atoms with E-state index in [4.69, 9.17) is 0 Å². The molecule has 170 valence electrons. The maximum absolute atomic E-state index is 11.0. The van der Waals surface area contributed by atoms with E-state index in [1.807, 2.05) is 32.6 Å². The van der Waals surface area contributed by atoms with Gasteiger partial charge in [-0.25, -0.2) is 0 Å². The zero-order chi connectivity index (χ0) is 21.8. The van der Waals surface area contributed by atoms with Crippen LogP contribution >= 0.6 is 0 Å². The van der Waals surface area contributed by atoms with Crippen LogP contribution in [0.25, 0.3) is 0 Å². The maximum atomic E-state index is 11.0. The summed E-state index contributed by atoms with van der Waals surface area (Å²) in [6.07, 6.45) is 5.23. The molecule has 2 aliphatic heterocycles. The lowest BCUT2D eigenvalue weighted by atomic mass is 10.2. The molecule has 0 atom stereocenters. The van der Waals surface area contributed by atoms with Gasteiger partial charge in [0, 0.05) is 59.3 Å². The first-order valence-corrected chi connectivity index (χ1v) is 12.0. The van der Waals surface area contributed by atoms with Gasteiger partial charge in [-0.3, -0.25) is 9.69 Å². The van der Waals surface area contributed by atoms with E-state index in [2.05, 4.69) is 35.6 Å². The van der Waals surface area contributed by atoms with Crippen molar-refractivity contribution in [2.75, 3.05) is 72.5 Å². The zero-order valence-corrected chi connectivity index (χ0v) is 20.6. The predicted octanol–water partition coefficient (Wildman–Crippen LogP) is 4.04. The molecule has 0 saturated carbocycles. The second kappa shape index (κ2) is 21.1. The van der Waals surface area contributed by atoms with Crippen molar-refractivity contribution in [3.8, 4) is 0 Å². The van der Waals surface area contributed by atoms with Crippen LogP contribution in [0.5, 0.6) is 0 Å². The molecule has 0 aliphatic carbocycles. The summed E-state index contributed by atoms with van der Waals surface area (Å²) in [4.78, 5) is 20.4. The summed E-state index contributed by atoms with van der Waals surface area (Å²) in [5.74, 6) is 0.218. The van der Waals surface area contributed by atoms with Gasteiger partial charge in [-0.05, 0) is 33.0 Å². The number of likely N-dealkylation sites (N-methyl/N-ethyl adjacent to an activating group) is 1. The molecule has 2 saturated heterocycles. The van der Waals surface area contributed by atoms with Gasteiger partial charge < -0.3 is 14.7 Å². The fraction of sp³-hybridized carbons (Fsp3) is 0.957. The molecule has 28 heavy (non-hydrogen) atoms. The number of carbonyl (C=O) groups is 1. The smallest absolute Gasteiger partial charge is 0.219 e. The molecule has 0 radical (unpaired) electrons. The van der Waals surface area contributed by atoms with Crippen molar-refractivity contribution in [1.82, 2.24) is 19.6 Å². The van der Waals surface area contributed by atoms with E-state index in [-0.39, 0.29) is 5.91 Å². The molecule has 2 fully saturated rings. The quantitative estimate of drug-likeness (QED) is 0.673. The van der Waals surface area contributed by atoms with Crippen LogP contribution in [0.2, 0.25) is 0 Å². The monoisotopic (exact) mass is 400 g/mol. The van der Waals surface area contributed by atoms with E-state index in [1.54, 1.807) is 6.92 Å². The number of carbonyl (C=O) groups excluding carboxylic acids is 1. The van der Waals surface area contributed by atoms with Crippen molar-refractivity contribution < 1.29 is 4.79 Å². The van der Waals surface area contributed by atoms with Crippen LogP contribution < -0.4 is 0 Å². The van der Waals surface area contributed by atoms with Gasteiger partial charge in [-0.15, -0.1) is 0 Å². The molecule has 0 N–H and O–H groups in total. The van der Waals surface area contributed by atoms with Gasteiger partial charge in [0.15, 0.2) is 0 Å². The molecular weight excluding hydrogens is 348 g/mol. The third kappa shape index (κ3) is 15.3. The topological polar surface area (TPSA) is 30.0 Å². The Bertz CT molecular complexity index is 320. The lowest BCUT2D eigenvalue weighted by Gasteiger charge is -2.34. The fourth-order valence-corrected chi connectivity index (χ4v) is 3.12. The first kappa shape index (κ1) is 29.6. The Kier molecular flexibility index (Phi) is 22.2. The minimum atomic E-state index is 0.218. The molecule has 0 bridgehead atoms. The Hall–Kier alpha value is -0.650. The van der Waals surface area contributed by atoms with Gasteiger partial charge in [0.2, 0.25) is 5.91 Å². The van der Waals surface area contributed by atoms with Gasteiger partial charge >= 0.3 is 0 Å². The summed E-state index contributed by atoms with van der Waals surface area (Å²) >= 11 is 0. The Balaban J connectivity index is 0. The van der Waals surface area contributed by atoms with Crippen LogP contribution in [0.4, 0.5) is 0 Å². The van der Waals surface area contributed by atoms with Crippen LogP contribution in [0, 0.1) is 0 Å². The van der Waals surface area contributed by atoms with E-state index in [1.165, 1.54) is 65.0 Å². The Morgan fingerprint density at radius 3 is 1.36 bits per heavy atom. The van der Waals surface area contributed by atoms with Crippen molar-refractivity contribution in [3.05, 3.63) is 0 Å². The fourth-order valence-electron chi connectivity index (χ4n) is 3.12. The highest BCUT2D eigenvalue weighted by molar-refractivity contribution is 5.73. The van der Waals surface area contributed by atoms with E-state index in [0.717, 1.165) is 26.2 Å². The number of hydrogen-bond acceptors (Lipinski definition) is 4. The minimum Gasteiger partial charge on any atom is -0.340 e. The Morgan fingerprint density at radius 2 is 1.04 bits per heavy atom. The average Bonchev–Trinajstić information content (AvgIpc) is 2.75.